The van der Waals surface area contributed by atoms with Crippen LogP contribution in [0.5, 0.6) is 5.75 Å². The van der Waals surface area contributed by atoms with Gasteiger partial charge in [0.1, 0.15) is 5.75 Å². The third-order valence-corrected chi connectivity index (χ3v) is 2.97. The van der Waals surface area contributed by atoms with Crippen LogP contribution < -0.4 is 39.6 Å². The molecule has 1 heterocycles. The molecule has 0 fully saturated rings. The van der Waals surface area contributed by atoms with Crippen LogP contribution in [0, 0.1) is 0 Å². The maximum atomic E-state index is 11.0. The summed E-state index contributed by atoms with van der Waals surface area (Å²) in [6.45, 7) is -0.125. The zero-order valence-electron chi connectivity index (χ0n) is 8.28. The molecular formula is C8H5ClNNaO4S. The van der Waals surface area contributed by atoms with Crippen molar-refractivity contribution >= 4 is 34.3 Å². The summed E-state index contributed by atoms with van der Waals surface area (Å²) >= 11 is 3.28. The fraction of sp³-hybridized carbons (Fsp3) is 0.125. The number of benzene rings is 1. The van der Waals surface area contributed by atoms with E-state index in [2.05, 4.69) is 5.32 Å². The minimum atomic E-state index is -2.42. The molecule has 0 aliphatic carbocycles. The van der Waals surface area contributed by atoms with Gasteiger partial charge in [-0.3, -0.25) is 9.00 Å². The number of hydrogen-bond donors (Lipinski definition) is 1. The van der Waals surface area contributed by atoms with Crippen molar-refractivity contribution in [2.75, 3.05) is 11.9 Å². The van der Waals surface area contributed by atoms with Gasteiger partial charge in [-0.1, -0.05) is 11.6 Å². The van der Waals surface area contributed by atoms with Gasteiger partial charge in [-0.25, -0.2) is 0 Å². The Hall–Kier alpha value is -0.110. The average molecular weight is 270 g/mol. The van der Waals surface area contributed by atoms with Crippen LogP contribution in [0.2, 0.25) is 5.02 Å². The summed E-state index contributed by atoms with van der Waals surface area (Å²) in [7, 11) is 0. The Kier molecular flexibility index (Phi) is 4.78. The number of carbonyl (C=O) groups is 1. The van der Waals surface area contributed by atoms with Gasteiger partial charge in [0.2, 0.25) is 0 Å². The molecule has 0 saturated carbocycles. The van der Waals surface area contributed by atoms with E-state index >= 15 is 0 Å². The van der Waals surface area contributed by atoms with Crippen LogP contribution in [0.4, 0.5) is 5.69 Å². The molecule has 1 aromatic rings. The molecule has 1 aromatic carbocycles. The minimum absolute atomic E-state index is 0. The first-order valence-corrected chi connectivity index (χ1v) is 5.38. The van der Waals surface area contributed by atoms with E-state index in [1.54, 1.807) is 0 Å². The minimum Gasteiger partial charge on any atom is -0.768 e. The van der Waals surface area contributed by atoms with Crippen LogP contribution >= 0.6 is 11.6 Å². The van der Waals surface area contributed by atoms with E-state index in [4.69, 9.17) is 16.3 Å². The van der Waals surface area contributed by atoms with Crippen molar-refractivity contribution in [3.63, 3.8) is 0 Å². The topological polar surface area (TPSA) is 78.5 Å². The summed E-state index contributed by atoms with van der Waals surface area (Å²) in [5, 5.41) is 2.57. The molecule has 0 spiro atoms. The Morgan fingerprint density at radius 3 is 2.81 bits per heavy atom. The molecule has 5 nitrogen and oxygen atoms in total. The molecule has 1 N–H and O–H groups in total. The van der Waals surface area contributed by atoms with Crippen molar-refractivity contribution in [1.82, 2.24) is 0 Å². The smallest absolute Gasteiger partial charge is 0.768 e. The number of nitrogens with one attached hydrogen (secondary N) is 1. The summed E-state index contributed by atoms with van der Waals surface area (Å²) in [5.74, 6) is 0.00719. The number of halogens is 1. The second kappa shape index (κ2) is 5.48. The summed E-state index contributed by atoms with van der Waals surface area (Å²) in [6.07, 6.45) is 0. The van der Waals surface area contributed by atoms with E-state index in [1.165, 1.54) is 12.1 Å². The average Bonchev–Trinajstić information content (AvgIpc) is 2.15. The predicted octanol–water partition coefficient (Wildman–Crippen LogP) is -2.09. The third-order valence-electron chi connectivity index (χ3n) is 1.85. The van der Waals surface area contributed by atoms with Gasteiger partial charge in [-0.05, 0) is 23.2 Å². The molecule has 0 bridgehead atoms. The molecule has 2 rings (SSSR count). The molecule has 0 saturated heterocycles. The normalized spacial score (nSPS) is 15.2. The molecule has 0 radical (unpaired) electrons. The Balaban J connectivity index is 0.00000128. The molecule has 16 heavy (non-hydrogen) atoms. The first-order valence-electron chi connectivity index (χ1n) is 3.93. The summed E-state index contributed by atoms with van der Waals surface area (Å²) in [4.78, 5) is 10.9. The number of carbonyl (C=O) groups excluding carboxylic acids is 1. The quantitative estimate of drug-likeness (QED) is 0.469. The third kappa shape index (κ3) is 2.77. The molecular weight excluding hydrogens is 265 g/mol. The molecule has 1 aliphatic rings. The first-order chi connectivity index (χ1) is 7.08. The maximum absolute atomic E-state index is 11.0. The number of anilines is 1. The monoisotopic (exact) mass is 269 g/mol. The first kappa shape index (κ1) is 14.0. The Morgan fingerprint density at radius 1 is 1.50 bits per heavy atom. The van der Waals surface area contributed by atoms with Crippen molar-refractivity contribution in [2.24, 2.45) is 0 Å². The van der Waals surface area contributed by atoms with Gasteiger partial charge in [0.05, 0.1) is 10.7 Å². The Labute approximate surface area is 121 Å². The van der Waals surface area contributed by atoms with Crippen LogP contribution in [0.15, 0.2) is 17.0 Å². The number of fused-ring (bicyclic) bond motifs is 1. The molecule has 8 heteroatoms. The van der Waals surface area contributed by atoms with Gasteiger partial charge < -0.3 is 14.6 Å². The zero-order chi connectivity index (χ0) is 11.0. The Morgan fingerprint density at radius 2 is 2.19 bits per heavy atom. The van der Waals surface area contributed by atoms with Crippen LogP contribution in [-0.2, 0) is 15.9 Å². The van der Waals surface area contributed by atoms with E-state index in [9.17, 15) is 13.6 Å². The summed E-state index contributed by atoms with van der Waals surface area (Å²) in [5.41, 5.74) is 0.380. The van der Waals surface area contributed by atoms with Gasteiger partial charge in [-0.2, -0.15) is 0 Å². The molecule has 1 atom stereocenters. The van der Waals surface area contributed by atoms with Gasteiger partial charge in [0.25, 0.3) is 5.91 Å². The van der Waals surface area contributed by atoms with E-state index in [0.29, 0.717) is 11.4 Å². The van der Waals surface area contributed by atoms with E-state index in [-0.39, 0.29) is 52.0 Å². The number of ether oxygens (including phenoxy) is 1. The van der Waals surface area contributed by atoms with Crippen molar-refractivity contribution in [1.29, 1.82) is 0 Å². The molecule has 1 amide bonds. The summed E-state index contributed by atoms with van der Waals surface area (Å²) < 4.78 is 26.5. The van der Waals surface area contributed by atoms with Crippen LogP contribution in [0.1, 0.15) is 0 Å². The van der Waals surface area contributed by atoms with Crippen molar-refractivity contribution in [2.45, 2.75) is 4.90 Å². The van der Waals surface area contributed by atoms with Gasteiger partial charge in [-0.15, -0.1) is 0 Å². The second-order valence-electron chi connectivity index (χ2n) is 2.85. The van der Waals surface area contributed by atoms with Crippen molar-refractivity contribution in [3.8, 4) is 5.75 Å². The van der Waals surface area contributed by atoms with Gasteiger partial charge in [0.15, 0.2) is 6.61 Å². The largest absolute Gasteiger partial charge is 1.00 e. The zero-order valence-corrected chi connectivity index (χ0v) is 11.9. The SMILES string of the molecule is O=C1COc2cc(S(=O)[O-])c(Cl)cc2N1.[Na+]. The molecule has 0 aromatic heterocycles. The van der Waals surface area contributed by atoms with Crippen LogP contribution in [-0.4, -0.2) is 21.3 Å². The van der Waals surface area contributed by atoms with Gasteiger partial charge >= 0.3 is 29.6 Å². The van der Waals surface area contributed by atoms with Crippen molar-refractivity contribution in [3.05, 3.63) is 17.2 Å². The van der Waals surface area contributed by atoms with Crippen LogP contribution in [0.25, 0.3) is 0 Å². The van der Waals surface area contributed by atoms with E-state index < -0.39 is 11.1 Å². The number of hydrogen-bond acceptors (Lipinski definition) is 4. The maximum Gasteiger partial charge on any atom is 1.00 e. The number of rotatable bonds is 1. The fourth-order valence-corrected chi connectivity index (χ4v) is 1.98. The standard InChI is InChI=1S/C8H6ClNO4S.Na/c9-4-1-5-6(2-7(4)15(12)13)14-3-8(11)10-5;/h1-2H,3H2,(H,10,11)(H,12,13);/q;+1/p-1. The summed E-state index contributed by atoms with van der Waals surface area (Å²) in [6, 6.07) is 2.62. The molecule has 1 unspecified atom stereocenters. The molecule has 1 aliphatic heterocycles. The van der Waals surface area contributed by atoms with Crippen LogP contribution in [0.3, 0.4) is 0 Å². The predicted molar refractivity (Wildman–Crippen MR) is 52.8 cm³/mol. The second-order valence-corrected chi connectivity index (χ2v) is 4.17. The van der Waals surface area contributed by atoms with E-state index in [0.717, 1.165) is 0 Å². The van der Waals surface area contributed by atoms with E-state index in [1.807, 2.05) is 0 Å². The van der Waals surface area contributed by atoms with Crippen molar-refractivity contribution < 1.29 is 47.9 Å². The number of amides is 1. The molecule has 80 valence electrons. The fourth-order valence-electron chi connectivity index (χ4n) is 1.21. The van der Waals surface area contributed by atoms with Gasteiger partial charge in [0, 0.05) is 4.90 Å². The Bertz CT molecular complexity index is 468.